The standard InChI is InChI=1S/C19H23N3O6/c1-4-27-18(24)16-11(2)20-19(25)21-12(16)9-22-10-15(17(23)26-3)28-14-8-6-5-7-13(14)22/h5-8,11,15H,4,9-10H2,1-3H3,(H2,20,21,25)/t11-,15+/m0/s1. The highest BCUT2D eigenvalue weighted by Gasteiger charge is 2.35. The van der Waals surface area contributed by atoms with Crippen LogP contribution in [-0.4, -0.2) is 56.9 Å². The van der Waals surface area contributed by atoms with Crippen LogP contribution in [-0.2, 0) is 19.1 Å². The average molecular weight is 389 g/mol. The predicted molar refractivity (Wildman–Crippen MR) is 99.9 cm³/mol. The molecule has 0 aliphatic carbocycles. The normalized spacial score (nSPS) is 21.1. The maximum absolute atomic E-state index is 12.4. The Kier molecular flexibility index (Phi) is 5.72. The van der Waals surface area contributed by atoms with E-state index < -0.39 is 30.1 Å². The van der Waals surface area contributed by atoms with E-state index in [4.69, 9.17) is 14.2 Å². The lowest BCUT2D eigenvalue weighted by molar-refractivity contribution is -0.148. The maximum Gasteiger partial charge on any atom is 0.348 e. The van der Waals surface area contributed by atoms with Gasteiger partial charge in [0.2, 0.25) is 6.10 Å². The van der Waals surface area contributed by atoms with Gasteiger partial charge in [-0.05, 0) is 26.0 Å². The lowest BCUT2D eigenvalue weighted by atomic mass is 10.0. The maximum atomic E-state index is 12.4. The first-order valence-electron chi connectivity index (χ1n) is 9.00. The molecule has 1 aromatic carbocycles. The Hall–Kier alpha value is -3.23. The van der Waals surface area contributed by atoms with Crippen molar-refractivity contribution in [3.05, 3.63) is 35.5 Å². The van der Waals surface area contributed by atoms with Crippen molar-refractivity contribution in [1.29, 1.82) is 0 Å². The minimum absolute atomic E-state index is 0.194. The van der Waals surface area contributed by atoms with Gasteiger partial charge in [0.05, 0.1) is 49.8 Å². The molecule has 2 aliphatic rings. The Labute approximate surface area is 162 Å². The van der Waals surface area contributed by atoms with Crippen LogP contribution < -0.4 is 20.3 Å². The molecule has 1 aromatic rings. The number of carbonyl (C=O) groups excluding carboxylic acids is 3. The number of nitrogens with one attached hydrogen (secondary N) is 2. The van der Waals surface area contributed by atoms with Crippen molar-refractivity contribution in [1.82, 2.24) is 10.6 Å². The van der Waals surface area contributed by atoms with Crippen molar-refractivity contribution in [3.63, 3.8) is 0 Å². The number of hydrogen-bond acceptors (Lipinski definition) is 7. The molecule has 9 nitrogen and oxygen atoms in total. The van der Waals surface area contributed by atoms with E-state index in [2.05, 4.69) is 10.6 Å². The summed E-state index contributed by atoms with van der Waals surface area (Å²) in [6.45, 7) is 4.06. The molecule has 0 saturated heterocycles. The van der Waals surface area contributed by atoms with Crippen LogP contribution in [0.2, 0.25) is 0 Å². The Bertz CT molecular complexity index is 822. The summed E-state index contributed by atoms with van der Waals surface area (Å²) in [5, 5.41) is 5.37. The van der Waals surface area contributed by atoms with Crippen LogP contribution in [0.4, 0.5) is 10.5 Å². The zero-order chi connectivity index (χ0) is 20.3. The van der Waals surface area contributed by atoms with Gasteiger partial charge in [-0.1, -0.05) is 12.1 Å². The summed E-state index contributed by atoms with van der Waals surface area (Å²) in [5.41, 5.74) is 1.52. The fourth-order valence-electron chi connectivity index (χ4n) is 3.31. The molecule has 2 amide bonds. The molecular weight excluding hydrogens is 366 g/mol. The summed E-state index contributed by atoms with van der Waals surface area (Å²) < 4.78 is 15.7. The van der Waals surface area contributed by atoms with Crippen LogP contribution in [0.1, 0.15) is 13.8 Å². The van der Waals surface area contributed by atoms with Gasteiger partial charge in [-0.3, -0.25) is 0 Å². The fourth-order valence-corrected chi connectivity index (χ4v) is 3.31. The molecule has 2 N–H and O–H groups in total. The SMILES string of the molecule is CCOC(=O)C1=C(CN2C[C@H](C(=O)OC)Oc3ccccc32)NC(=O)N[C@H]1C. The van der Waals surface area contributed by atoms with Gasteiger partial charge in [0.25, 0.3) is 0 Å². The number of benzene rings is 1. The van der Waals surface area contributed by atoms with Crippen LogP contribution in [0.25, 0.3) is 0 Å². The van der Waals surface area contributed by atoms with Gasteiger partial charge >= 0.3 is 18.0 Å². The van der Waals surface area contributed by atoms with Crippen LogP contribution in [0, 0.1) is 0 Å². The third kappa shape index (κ3) is 3.88. The third-order valence-electron chi connectivity index (χ3n) is 4.54. The number of hydrogen-bond donors (Lipinski definition) is 2. The van der Waals surface area contributed by atoms with Crippen molar-refractivity contribution in [2.75, 3.05) is 31.7 Å². The van der Waals surface area contributed by atoms with E-state index in [1.807, 2.05) is 17.0 Å². The molecule has 9 heteroatoms. The minimum Gasteiger partial charge on any atom is -0.475 e. The van der Waals surface area contributed by atoms with E-state index in [0.29, 0.717) is 17.0 Å². The van der Waals surface area contributed by atoms with Gasteiger partial charge in [0.1, 0.15) is 5.75 Å². The number of nitrogens with zero attached hydrogens (tertiary/aromatic N) is 1. The van der Waals surface area contributed by atoms with E-state index in [1.165, 1.54) is 7.11 Å². The zero-order valence-electron chi connectivity index (χ0n) is 16.0. The van der Waals surface area contributed by atoms with Crippen molar-refractivity contribution in [2.24, 2.45) is 0 Å². The van der Waals surface area contributed by atoms with Crippen molar-refractivity contribution < 1.29 is 28.6 Å². The molecule has 150 valence electrons. The summed E-state index contributed by atoms with van der Waals surface area (Å²) in [6, 6.07) is 6.34. The molecule has 0 bridgehead atoms. The zero-order valence-corrected chi connectivity index (χ0v) is 16.0. The Balaban J connectivity index is 1.96. The number of rotatable bonds is 5. The lowest BCUT2D eigenvalue weighted by Crippen LogP contribution is -2.53. The molecule has 0 aromatic heterocycles. The highest BCUT2D eigenvalue weighted by Crippen LogP contribution is 2.34. The number of fused-ring (bicyclic) bond motifs is 1. The first-order chi connectivity index (χ1) is 13.4. The molecule has 0 saturated carbocycles. The van der Waals surface area contributed by atoms with Gasteiger partial charge < -0.3 is 29.7 Å². The molecule has 3 rings (SSSR count). The predicted octanol–water partition coefficient (Wildman–Crippen LogP) is 0.945. The van der Waals surface area contributed by atoms with Gasteiger partial charge in [0.15, 0.2) is 0 Å². The summed E-state index contributed by atoms with van der Waals surface area (Å²) >= 11 is 0. The number of ether oxygens (including phenoxy) is 3. The number of esters is 2. The first-order valence-corrected chi connectivity index (χ1v) is 9.00. The van der Waals surface area contributed by atoms with Crippen molar-refractivity contribution in [3.8, 4) is 5.75 Å². The molecule has 2 aliphatic heterocycles. The Morgan fingerprint density at radius 2 is 2.07 bits per heavy atom. The van der Waals surface area contributed by atoms with Gasteiger partial charge in [0, 0.05) is 0 Å². The molecule has 0 fully saturated rings. The largest absolute Gasteiger partial charge is 0.475 e. The van der Waals surface area contributed by atoms with Gasteiger partial charge in [-0.25, -0.2) is 14.4 Å². The van der Waals surface area contributed by atoms with Crippen LogP contribution >= 0.6 is 0 Å². The van der Waals surface area contributed by atoms with Gasteiger partial charge in [-0.2, -0.15) is 0 Å². The Morgan fingerprint density at radius 1 is 1.32 bits per heavy atom. The lowest BCUT2D eigenvalue weighted by Gasteiger charge is -2.37. The molecular formula is C19H23N3O6. The van der Waals surface area contributed by atoms with E-state index in [9.17, 15) is 14.4 Å². The Morgan fingerprint density at radius 3 is 2.79 bits per heavy atom. The highest BCUT2D eigenvalue weighted by atomic mass is 16.6. The van der Waals surface area contributed by atoms with Gasteiger partial charge in [-0.15, -0.1) is 0 Å². The second-order valence-corrected chi connectivity index (χ2v) is 6.41. The number of carbonyl (C=O) groups is 3. The van der Waals surface area contributed by atoms with Crippen LogP contribution in [0.3, 0.4) is 0 Å². The monoisotopic (exact) mass is 389 g/mol. The number of methoxy groups -OCH3 is 1. The highest BCUT2D eigenvalue weighted by molar-refractivity contribution is 5.95. The smallest absolute Gasteiger partial charge is 0.348 e. The van der Waals surface area contributed by atoms with Crippen LogP contribution in [0.15, 0.2) is 35.5 Å². The van der Waals surface area contributed by atoms with E-state index >= 15 is 0 Å². The summed E-state index contributed by atoms with van der Waals surface area (Å²) in [5.74, 6) is -0.471. The number of para-hydroxylation sites is 2. The third-order valence-corrected chi connectivity index (χ3v) is 4.54. The number of anilines is 1. The number of amides is 2. The fraction of sp³-hybridized carbons (Fsp3) is 0.421. The summed E-state index contributed by atoms with van der Waals surface area (Å²) in [7, 11) is 1.30. The first kappa shape index (κ1) is 19.5. The average Bonchev–Trinajstić information content (AvgIpc) is 2.66. The quantitative estimate of drug-likeness (QED) is 0.722. The summed E-state index contributed by atoms with van der Waals surface area (Å²) in [6.07, 6.45) is -0.818. The van der Waals surface area contributed by atoms with E-state index in [1.54, 1.807) is 26.0 Å². The molecule has 2 heterocycles. The second-order valence-electron chi connectivity index (χ2n) is 6.41. The molecule has 2 atom stereocenters. The minimum atomic E-state index is -0.818. The topological polar surface area (TPSA) is 106 Å². The molecule has 0 unspecified atom stereocenters. The van der Waals surface area contributed by atoms with Crippen molar-refractivity contribution in [2.45, 2.75) is 26.0 Å². The van der Waals surface area contributed by atoms with E-state index in [-0.39, 0.29) is 19.7 Å². The summed E-state index contributed by atoms with van der Waals surface area (Å²) in [4.78, 5) is 38.3. The number of urea groups is 1. The second kappa shape index (κ2) is 8.20. The molecule has 0 radical (unpaired) electrons. The molecule has 28 heavy (non-hydrogen) atoms. The van der Waals surface area contributed by atoms with Crippen LogP contribution in [0.5, 0.6) is 5.75 Å². The molecule has 0 spiro atoms. The van der Waals surface area contributed by atoms with Crippen molar-refractivity contribution >= 4 is 23.7 Å². The van der Waals surface area contributed by atoms with E-state index in [0.717, 1.165) is 5.69 Å².